The number of ether oxygens (including phenoxy) is 1. The van der Waals surface area contributed by atoms with Crippen molar-refractivity contribution in [3.63, 3.8) is 0 Å². The number of aliphatic carboxylic acids is 1. The smallest absolute Gasteiger partial charge is 0.407 e. The number of hydrogen-bond acceptors (Lipinski definition) is 5. The molecule has 3 amide bonds. The largest absolute Gasteiger partial charge is 0.480 e. The minimum absolute atomic E-state index is 0.103. The molecule has 0 unspecified atom stereocenters. The van der Waals surface area contributed by atoms with Gasteiger partial charge in [0.1, 0.15) is 19.2 Å². The van der Waals surface area contributed by atoms with Crippen LogP contribution in [0.15, 0.2) is 78.9 Å². The summed E-state index contributed by atoms with van der Waals surface area (Å²) in [6, 6.07) is 23.7. The van der Waals surface area contributed by atoms with Gasteiger partial charge in [0.25, 0.3) is 0 Å². The van der Waals surface area contributed by atoms with Crippen LogP contribution in [-0.2, 0) is 25.5 Å². The molecule has 0 saturated carbocycles. The van der Waals surface area contributed by atoms with Gasteiger partial charge in [-0.05, 0) is 27.8 Å². The number of nitrogens with one attached hydrogen (secondary N) is 3. The van der Waals surface area contributed by atoms with Crippen molar-refractivity contribution in [2.45, 2.75) is 18.4 Å². The van der Waals surface area contributed by atoms with Crippen LogP contribution in [0.1, 0.15) is 22.6 Å². The predicted octanol–water partition coefficient (Wildman–Crippen LogP) is 2.45. The lowest BCUT2D eigenvalue weighted by atomic mass is 9.98. The Kier molecular flexibility index (Phi) is 8.15. The molecule has 3 aromatic rings. The average molecular weight is 502 g/mol. The Hall–Kier alpha value is -4.66. The molecule has 37 heavy (non-hydrogen) atoms. The Morgan fingerprint density at radius 2 is 1.32 bits per heavy atom. The second-order valence-electron chi connectivity index (χ2n) is 8.60. The number of fused-ring (bicyclic) bond motifs is 3. The van der Waals surface area contributed by atoms with Gasteiger partial charge in [-0.2, -0.15) is 0 Å². The SMILES string of the molecule is O=C(CNC(=O)OCC1c2ccccc2-c2ccccc21)NCC(=O)N[C@@H](Cc1ccccc1)C(=O)O. The van der Waals surface area contributed by atoms with Crippen molar-refractivity contribution in [2.24, 2.45) is 0 Å². The van der Waals surface area contributed by atoms with Crippen molar-refractivity contribution in [3.05, 3.63) is 95.6 Å². The number of carbonyl (C=O) groups excluding carboxylic acids is 3. The van der Waals surface area contributed by atoms with E-state index in [1.165, 1.54) is 0 Å². The molecule has 0 saturated heterocycles. The standard InChI is InChI=1S/C28H27N3O6/c32-25(29-16-26(33)31-24(27(34)35)14-18-8-2-1-3-9-18)15-30-28(36)37-17-23-21-12-6-4-10-19(21)20-11-5-7-13-22(20)23/h1-13,23-24H,14-17H2,(H,29,32)(H,30,36)(H,31,33)(H,34,35)/t24-/m0/s1. The maximum absolute atomic E-state index is 12.2. The number of amides is 3. The number of hydrogen-bond donors (Lipinski definition) is 4. The summed E-state index contributed by atoms with van der Waals surface area (Å²) in [6.07, 6.45) is -0.644. The lowest BCUT2D eigenvalue weighted by Crippen LogP contribution is -2.47. The quantitative estimate of drug-likeness (QED) is 0.337. The van der Waals surface area contributed by atoms with Gasteiger partial charge < -0.3 is 25.8 Å². The first-order chi connectivity index (χ1) is 17.9. The van der Waals surface area contributed by atoms with Gasteiger partial charge >= 0.3 is 12.1 Å². The number of benzene rings is 3. The zero-order chi connectivity index (χ0) is 26.2. The van der Waals surface area contributed by atoms with E-state index in [-0.39, 0.29) is 18.9 Å². The fraction of sp³-hybridized carbons (Fsp3) is 0.214. The van der Waals surface area contributed by atoms with Gasteiger partial charge in [0.05, 0.1) is 6.54 Å². The number of carboxylic acids is 1. The van der Waals surface area contributed by atoms with Crippen LogP contribution in [0, 0.1) is 0 Å². The van der Waals surface area contributed by atoms with E-state index in [1.807, 2.05) is 54.6 Å². The highest BCUT2D eigenvalue weighted by atomic mass is 16.5. The van der Waals surface area contributed by atoms with E-state index in [4.69, 9.17) is 4.74 Å². The Bertz CT molecular complexity index is 1250. The maximum atomic E-state index is 12.2. The van der Waals surface area contributed by atoms with E-state index < -0.39 is 43.0 Å². The summed E-state index contributed by atoms with van der Waals surface area (Å²) in [5.41, 5.74) is 5.13. The number of carboxylic acid groups (broad SMARTS) is 1. The fourth-order valence-electron chi connectivity index (χ4n) is 4.34. The van der Waals surface area contributed by atoms with Crippen LogP contribution in [0.5, 0.6) is 0 Å². The van der Waals surface area contributed by atoms with Crippen molar-refractivity contribution in [2.75, 3.05) is 19.7 Å². The Morgan fingerprint density at radius 3 is 1.95 bits per heavy atom. The van der Waals surface area contributed by atoms with Crippen LogP contribution in [0.4, 0.5) is 4.79 Å². The Morgan fingerprint density at radius 1 is 0.757 bits per heavy atom. The fourth-order valence-corrected chi connectivity index (χ4v) is 4.34. The summed E-state index contributed by atoms with van der Waals surface area (Å²) in [5.74, 6) is -2.55. The topological polar surface area (TPSA) is 134 Å². The molecule has 0 radical (unpaired) electrons. The molecule has 0 bridgehead atoms. The van der Waals surface area contributed by atoms with E-state index in [9.17, 15) is 24.3 Å². The molecule has 0 fully saturated rings. The molecule has 1 atom stereocenters. The molecule has 0 aliphatic heterocycles. The van der Waals surface area contributed by atoms with Crippen molar-refractivity contribution in [3.8, 4) is 11.1 Å². The number of rotatable bonds is 10. The number of alkyl carbamates (subject to hydrolysis) is 1. The molecule has 0 aromatic heterocycles. The van der Waals surface area contributed by atoms with Crippen LogP contribution in [0.2, 0.25) is 0 Å². The van der Waals surface area contributed by atoms with E-state index in [0.717, 1.165) is 27.8 Å². The van der Waals surface area contributed by atoms with E-state index in [1.54, 1.807) is 24.3 Å². The first-order valence-corrected chi connectivity index (χ1v) is 11.8. The van der Waals surface area contributed by atoms with Crippen molar-refractivity contribution in [1.29, 1.82) is 0 Å². The molecular weight excluding hydrogens is 474 g/mol. The summed E-state index contributed by atoms with van der Waals surface area (Å²) in [4.78, 5) is 47.9. The molecular formula is C28H27N3O6. The van der Waals surface area contributed by atoms with Crippen LogP contribution < -0.4 is 16.0 Å². The monoisotopic (exact) mass is 501 g/mol. The number of carbonyl (C=O) groups is 4. The van der Waals surface area contributed by atoms with Crippen LogP contribution in [0.3, 0.4) is 0 Å². The highest BCUT2D eigenvalue weighted by Crippen LogP contribution is 2.44. The molecule has 4 N–H and O–H groups in total. The van der Waals surface area contributed by atoms with Gasteiger partial charge in [-0.1, -0.05) is 78.9 Å². The summed E-state index contributed by atoms with van der Waals surface area (Å²) < 4.78 is 5.38. The summed E-state index contributed by atoms with van der Waals surface area (Å²) in [6.45, 7) is -0.706. The van der Waals surface area contributed by atoms with Gasteiger partial charge in [0.2, 0.25) is 11.8 Å². The molecule has 0 spiro atoms. The summed E-state index contributed by atoms with van der Waals surface area (Å²) in [5, 5.41) is 16.5. The van der Waals surface area contributed by atoms with Crippen molar-refractivity contribution >= 4 is 23.9 Å². The third-order valence-electron chi connectivity index (χ3n) is 6.10. The van der Waals surface area contributed by atoms with Crippen LogP contribution >= 0.6 is 0 Å². The van der Waals surface area contributed by atoms with Gasteiger partial charge in [-0.15, -0.1) is 0 Å². The first kappa shape index (κ1) is 25.4. The molecule has 9 heteroatoms. The predicted molar refractivity (Wildman–Crippen MR) is 136 cm³/mol. The lowest BCUT2D eigenvalue weighted by Gasteiger charge is -2.15. The molecule has 1 aliphatic carbocycles. The van der Waals surface area contributed by atoms with Gasteiger partial charge in [0.15, 0.2) is 0 Å². The Balaban J connectivity index is 1.20. The summed E-state index contributed by atoms with van der Waals surface area (Å²) in [7, 11) is 0. The van der Waals surface area contributed by atoms with Gasteiger partial charge in [-0.3, -0.25) is 9.59 Å². The molecule has 190 valence electrons. The highest BCUT2D eigenvalue weighted by molar-refractivity contribution is 5.89. The molecule has 0 heterocycles. The second-order valence-corrected chi connectivity index (χ2v) is 8.60. The molecule has 3 aromatic carbocycles. The average Bonchev–Trinajstić information content (AvgIpc) is 3.23. The first-order valence-electron chi connectivity index (χ1n) is 11.8. The maximum Gasteiger partial charge on any atom is 0.407 e. The van der Waals surface area contributed by atoms with Crippen molar-refractivity contribution < 1.29 is 29.0 Å². The zero-order valence-electron chi connectivity index (χ0n) is 20.0. The highest BCUT2D eigenvalue weighted by Gasteiger charge is 2.29. The molecule has 4 rings (SSSR count). The molecule has 1 aliphatic rings. The zero-order valence-corrected chi connectivity index (χ0v) is 20.0. The third kappa shape index (κ3) is 6.52. The van der Waals surface area contributed by atoms with Crippen LogP contribution in [-0.4, -0.2) is 54.7 Å². The summed E-state index contributed by atoms with van der Waals surface area (Å²) >= 11 is 0. The second kappa shape index (κ2) is 11.9. The lowest BCUT2D eigenvalue weighted by molar-refractivity contribution is -0.141. The Labute approximate surface area is 213 Å². The van der Waals surface area contributed by atoms with E-state index in [0.29, 0.717) is 0 Å². The normalized spacial score (nSPS) is 12.5. The van der Waals surface area contributed by atoms with E-state index >= 15 is 0 Å². The minimum atomic E-state index is -1.18. The van der Waals surface area contributed by atoms with Crippen LogP contribution in [0.25, 0.3) is 11.1 Å². The minimum Gasteiger partial charge on any atom is -0.480 e. The van der Waals surface area contributed by atoms with Gasteiger partial charge in [-0.25, -0.2) is 9.59 Å². The third-order valence-corrected chi connectivity index (χ3v) is 6.10. The molecule has 9 nitrogen and oxygen atoms in total. The van der Waals surface area contributed by atoms with E-state index in [2.05, 4.69) is 16.0 Å². The van der Waals surface area contributed by atoms with Gasteiger partial charge in [0, 0.05) is 12.3 Å². The van der Waals surface area contributed by atoms with Crippen molar-refractivity contribution in [1.82, 2.24) is 16.0 Å².